The van der Waals surface area contributed by atoms with Gasteiger partial charge in [-0.25, -0.2) is 0 Å². The number of aliphatic hydroxyl groups is 1. The lowest BCUT2D eigenvalue weighted by molar-refractivity contribution is -0.384. The van der Waals surface area contributed by atoms with Gasteiger partial charge < -0.3 is 10.0 Å². The summed E-state index contributed by atoms with van der Waals surface area (Å²) in [4.78, 5) is 12.5. The number of para-hydroxylation sites is 1. The molecule has 0 radical (unpaired) electrons. The molecule has 1 aromatic carbocycles. The fourth-order valence-electron chi connectivity index (χ4n) is 1.93. The Labute approximate surface area is 101 Å². The third-order valence-corrected chi connectivity index (χ3v) is 2.59. The summed E-state index contributed by atoms with van der Waals surface area (Å²) in [6.45, 7) is 4.97. The maximum Gasteiger partial charge on any atom is 0.292 e. The number of hydrogen-bond acceptors (Lipinski definition) is 4. The Bertz CT molecular complexity index is 387. The maximum atomic E-state index is 11.0. The van der Waals surface area contributed by atoms with Crippen molar-refractivity contribution in [1.82, 2.24) is 0 Å². The van der Waals surface area contributed by atoms with Crippen molar-refractivity contribution in [3.8, 4) is 0 Å². The van der Waals surface area contributed by atoms with Crippen LogP contribution in [-0.4, -0.2) is 29.7 Å². The topological polar surface area (TPSA) is 66.6 Å². The molecule has 0 aromatic heterocycles. The van der Waals surface area contributed by atoms with Gasteiger partial charge in [-0.1, -0.05) is 19.1 Å². The van der Waals surface area contributed by atoms with E-state index < -0.39 is 0 Å². The van der Waals surface area contributed by atoms with Crippen LogP contribution in [0.25, 0.3) is 0 Å². The SMILES string of the molecule is CCCN(CCO)c1c(C)cccc1[N+](=O)[O-]. The number of aryl methyl sites for hydroxylation is 1. The molecule has 0 atom stereocenters. The lowest BCUT2D eigenvalue weighted by atomic mass is 10.1. The number of hydrogen-bond donors (Lipinski definition) is 1. The van der Waals surface area contributed by atoms with Crippen LogP contribution in [0.15, 0.2) is 18.2 Å². The van der Waals surface area contributed by atoms with Crippen molar-refractivity contribution in [2.24, 2.45) is 0 Å². The van der Waals surface area contributed by atoms with Crippen LogP contribution in [0.1, 0.15) is 18.9 Å². The van der Waals surface area contributed by atoms with Crippen LogP contribution in [0.2, 0.25) is 0 Å². The Kier molecular flexibility index (Phi) is 4.90. The third-order valence-electron chi connectivity index (χ3n) is 2.59. The third kappa shape index (κ3) is 3.17. The molecule has 0 aliphatic rings. The Balaban J connectivity index is 3.19. The van der Waals surface area contributed by atoms with E-state index in [2.05, 4.69) is 0 Å². The van der Waals surface area contributed by atoms with Gasteiger partial charge in [-0.05, 0) is 18.9 Å². The quantitative estimate of drug-likeness (QED) is 0.609. The first-order chi connectivity index (χ1) is 8.11. The molecule has 0 aliphatic carbocycles. The Morgan fingerprint density at radius 3 is 2.65 bits per heavy atom. The van der Waals surface area contributed by atoms with E-state index in [1.54, 1.807) is 6.07 Å². The highest BCUT2D eigenvalue weighted by Gasteiger charge is 2.20. The molecule has 0 bridgehead atoms. The zero-order valence-corrected chi connectivity index (χ0v) is 10.2. The zero-order valence-electron chi connectivity index (χ0n) is 10.2. The molecule has 94 valence electrons. The largest absolute Gasteiger partial charge is 0.395 e. The van der Waals surface area contributed by atoms with E-state index in [9.17, 15) is 10.1 Å². The van der Waals surface area contributed by atoms with Crippen molar-refractivity contribution >= 4 is 11.4 Å². The highest BCUT2D eigenvalue weighted by molar-refractivity contribution is 5.67. The average Bonchev–Trinajstić information content (AvgIpc) is 2.28. The molecule has 0 amide bonds. The number of anilines is 1. The highest BCUT2D eigenvalue weighted by Crippen LogP contribution is 2.31. The van der Waals surface area contributed by atoms with Gasteiger partial charge >= 0.3 is 0 Å². The van der Waals surface area contributed by atoms with Gasteiger partial charge in [0, 0.05) is 19.2 Å². The van der Waals surface area contributed by atoms with Gasteiger partial charge in [0.05, 0.1) is 11.5 Å². The molecule has 0 saturated carbocycles. The molecule has 5 heteroatoms. The first-order valence-corrected chi connectivity index (χ1v) is 5.71. The monoisotopic (exact) mass is 238 g/mol. The molecule has 0 heterocycles. The summed E-state index contributed by atoms with van der Waals surface area (Å²) in [6.07, 6.45) is 0.880. The van der Waals surface area contributed by atoms with E-state index in [4.69, 9.17) is 5.11 Å². The summed E-state index contributed by atoms with van der Waals surface area (Å²) in [6, 6.07) is 5.03. The minimum Gasteiger partial charge on any atom is -0.395 e. The average molecular weight is 238 g/mol. The smallest absolute Gasteiger partial charge is 0.292 e. The van der Waals surface area contributed by atoms with Gasteiger partial charge in [0.25, 0.3) is 5.69 Å². The second-order valence-corrected chi connectivity index (χ2v) is 3.91. The molecule has 1 N–H and O–H groups in total. The summed E-state index contributed by atoms with van der Waals surface area (Å²) in [7, 11) is 0. The van der Waals surface area contributed by atoms with E-state index in [1.165, 1.54) is 6.07 Å². The second-order valence-electron chi connectivity index (χ2n) is 3.91. The van der Waals surface area contributed by atoms with Crippen LogP contribution in [0.4, 0.5) is 11.4 Å². The molecule has 0 aliphatic heterocycles. The Morgan fingerprint density at radius 1 is 1.41 bits per heavy atom. The number of nitro benzene ring substituents is 1. The van der Waals surface area contributed by atoms with E-state index in [0.29, 0.717) is 18.8 Å². The molecular weight excluding hydrogens is 220 g/mol. The van der Waals surface area contributed by atoms with E-state index in [-0.39, 0.29) is 17.2 Å². The summed E-state index contributed by atoms with van der Waals surface area (Å²) in [5, 5.41) is 20.0. The summed E-state index contributed by atoms with van der Waals surface area (Å²) in [5.41, 5.74) is 1.58. The molecule has 1 rings (SSSR count). The number of nitrogens with zero attached hydrogens (tertiary/aromatic N) is 2. The minimum absolute atomic E-state index is 0.00844. The van der Waals surface area contributed by atoms with E-state index in [1.807, 2.05) is 24.8 Å². The van der Waals surface area contributed by atoms with Gasteiger partial charge in [0.1, 0.15) is 5.69 Å². The molecular formula is C12H18N2O3. The van der Waals surface area contributed by atoms with Crippen molar-refractivity contribution in [2.75, 3.05) is 24.6 Å². The van der Waals surface area contributed by atoms with Crippen LogP contribution in [0, 0.1) is 17.0 Å². The van der Waals surface area contributed by atoms with Gasteiger partial charge in [-0.3, -0.25) is 10.1 Å². The van der Waals surface area contributed by atoms with Crippen molar-refractivity contribution in [2.45, 2.75) is 20.3 Å². The first-order valence-electron chi connectivity index (χ1n) is 5.71. The molecule has 0 saturated heterocycles. The molecule has 17 heavy (non-hydrogen) atoms. The first kappa shape index (κ1) is 13.4. The molecule has 0 unspecified atom stereocenters. The van der Waals surface area contributed by atoms with E-state index in [0.717, 1.165) is 12.0 Å². The fourth-order valence-corrected chi connectivity index (χ4v) is 1.93. The molecule has 0 spiro atoms. The normalized spacial score (nSPS) is 10.3. The zero-order chi connectivity index (χ0) is 12.8. The maximum absolute atomic E-state index is 11.0. The van der Waals surface area contributed by atoms with Crippen molar-refractivity contribution < 1.29 is 10.0 Å². The number of rotatable bonds is 6. The predicted octanol–water partition coefficient (Wildman–Crippen LogP) is 2.11. The molecule has 0 fully saturated rings. The number of benzene rings is 1. The lowest BCUT2D eigenvalue weighted by Crippen LogP contribution is -2.28. The summed E-state index contributed by atoms with van der Waals surface area (Å²) < 4.78 is 0. The standard InChI is InChI=1S/C12H18N2O3/c1-3-7-13(8-9-15)12-10(2)5-4-6-11(12)14(16)17/h4-6,15H,3,7-9H2,1-2H3. The van der Waals surface area contributed by atoms with Crippen molar-refractivity contribution in [3.05, 3.63) is 33.9 Å². The Hall–Kier alpha value is -1.62. The van der Waals surface area contributed by atoms with Gasteiger partial charge in [-0.15, -0.1) is 0 Å². The van der Waals surface area contributed by atoms with Crippen LogP contribution < -0.4 is 4.90 Å². The van der Waals surface area contributed by atoms with Gasteiger partial charge in [0.15, 0.2) is 0 Å². The molecule has 1 aromatic rings. The van der Waals surface area contributed by atoms with Gasteiger partial charge in [0.2, 0.25) is 0 Å². The van der Waals surface area contributed by atoms with E-state index >= 15 is 0 Å². The fraction of sp³-hybridized carbons (Fsp3) is 0.500. The highest BCUT2D eigenvalue weighted by atomic mass is 16.6. The summed E-state index contributed by atoms with van der Waals surface area (Å²) in [5.74, 6) is 0. The Morgan fingerprint density at radius 2 is 2.12 bits per heavy atom. The predicted molar refractivity (Wildman–Crippen MR) is 67.4 cm³/mol. The van der Waals surface area contributed by atoms with Gasteiger partial charge in [-0.2, -0.15) is 0 Å². The van der Waals surface area contributed by atoms with Crippen molar-refractivity contribution in [3.63, 3.8) is 0 Å². The van der Waals surface area contributed by atoms with Crippen molar-refractivity contribution in [1.29, 1.82) is 0 Å². The van der Waals surface area contributed by atoms with Crippen LogP contribution in [0.3, 0.4) is 0 Å². The minimum atomic E-state index is -0.373. The second kappa shape index (κ2) is 6.20. The lowest BCUT2D eigenvalue weighted by Gasteiger charge is -2.24. The van der Waals surface area contributed by atoms with Crippen LogP contribution in [0.5, 0.6) is 0 Å². The van der Waals surface area contributed by atoms with Crippen LogP contribution in [-0.2, 0) is 0 Å². The molecule has 5 nitrogen and oxygen atoms in total. The summed E-state index contributed by atoms with van der Waals surface area (Å²) >= 11 is 0. The number of nitro groups is 1. The van der Waals surface area contributed by atoms with Crippen LogP contribution >= 0.6 is 0 Å². The number of aliphatic hydroxyl groups excluding tert-OH is 1.